The van der Waals surface area contributed by atoms with Crippen LogP contribution < -0.4 is 10.1 Å². The van der Waals surface area contributed by atoms with E-state index in [9.17, 15) is 10.1 Å². The van der Waals surface area contributed by atoms with Crippen molar-refractivity contribution in [1.82, 2.24) is 5.32 Å². The summed E-state index contributed by atoms with van der Waals surface area (Å²) in [7, 11) is 0. The molecular formula is C15H22N2O4. The average molecular weight is 294 g/mol. The zero-order valence-corrected chi connectivity index (χ0v) is 12.3. The van der Waals surface area contributed by atoms with Crippen molar-refractivity contribution in [3.8, 4) is 5.75 Å². The molecule has 1 aromatic rings. The number of rotatable bonds is 8. The molecule has 0 bridgehead atoms. The van der Waals surface area contributed by atoms with Gasteiger partial charge in [0.2, 0.25) is 0 Å². The number of hydrogen-bond acceptors (Lipinski definition) is 5. The molecule has 6 nitrogen and oxygen atoms in total. The minimum atomic E-state index is -0.385. The van der Waals surface area contributed by atoms with Gasteiger partial charge in [0.1, 0.15) is 0 Å². The predicted octanol–water partition coefficient (Wildman–Crippen LogP) is 2.51. The second-order valence-corrected chi connectivity index (χ2v) is 5.28. The zero-order valence-electron chi connectivity index (χ0n) is 12.3. The first-order valence-corrected chi connectivity index (χ1v) is 7.39. The molecule has 0 aromatic heterocycles. The van der Waals surface area contributed by atoms with Gasteiger partial charge >= 0.3 is 5.69 Å². The van der Waals surface area contributed by atoms with E-state index in [-0.39, 0.29) is 10.6 Å². The van der Waals surface area contributed by atoms with Crippen LogP contribution in [0.3, 0.4) is 0 Å². The molecule has 1 aromatic carbocycles. The van der Waals surface area contributed by atoms with Gasteiger partial charge in [0, 0.05) is 25.1 Å². The molecule has 21 heavy (non-hydrogen) atoms. The predicted molar refractivity (Wildman–Crippen MR) is 79.5 cm³/mol. The first kappa shape index (κ1) is 15.7. The van der Waals surface area contributed by atoms with E-state index in [0.717, 1.165) is 31.6 Å². The van der Waals surface area contributed by atoms with Crippen LogP contribution in [0.5, 0.6) is 5.75 Å². The van der Waals surface area contributed by atoms with Crippen LogP contribution in [-0.2, 0) is 11.3 Å². The van der Waals surface area contributed by atoms with Gasteiger partial charge in [-0.05, 0) is 31.0 Å². The summed E-state index contributed by atoms with van der Waals surface area (Å²) in [5, 5.41) is 14.4. The lowest BCUT2D eigenvalue weighted by Crippen LogP contribution is -2.14. The SMILES string of the molecule is CCCNCc1ccc(OCC2CCOC2)c([N+](=O)[O-])c1. The van der Waals surface area contributed by atoms with Crippen LogP contribution in [0.4, 0.5) is 5.69 Å². The number of nitrogens with one attached hydrogen (secondary N) is 1. The van der Waals surface area contributed by atoms with Crippen molar-refractivity contribution < 1.29 is 14.4 Å². The van der Waals surface area contributed by atoms with Crippen molar-refractivity contribution in [3.63, 3.8) is 0 Å². The summed E-state index contributed by atoms with van der Waals surface area (Å²) in [4.78, 5) is 10.8. The zero-order chi connectivity index (χ0) is 15.1. The molecule has 0 radical (unpaired) electrons. The highest BCUT2D eigenvalue weighted by Gasteiger charge is 2.20. The lowest BCUT2D eigenvalue weighted by atomic mass is 10.1. The van der Waals surface area contributed by atoms with E-state index >= 15 is 0 Å². The minimum absolute atomic E-state index is 0.0321. The standard InChI is InChI=1S/C15H22N2O4/c1-2-6-16-9-12-3-4-15(14(8-12)17(18)19)21-11-13-5-7-20-10-13/h3-4,8,13,16H,2,5-7,9-11H2,1H3. The summed E-state index contributed by atoms with van der Waals surface area (Å²) in [5.41, 5.74) is 0.927. The Morgan fingerprint density at radius 1 is 1.52 bits per heavy atom. The lowest BCUT2D eigenvalue weighted by Gasteiger charge is -2.11. The Kier molecular flexibility index (Phi) is 5.95. The van der Waals surface area contributed by atoms with Crippen molar-refractivity contribution in [3.05, 3.63) is 33.9 Å². The van der Waals surface area contributed by atoms with Crippen LogP contribution in [0.25, 0.3) is 0 Å². The summed E-state index contributed by atoms with van der Waals surface area (Å²) in [6, 6.07) is 5.15. The van der Waals surface area contributed by atoms with Crippen molar-refractivity contribution >= 4 is 5.69 Å². The maximum Gasteiger partial charge on any atom is 0.311 e. The molecule has 116 valence electrons. The van der Waals surface area contributed by atoms with Crippen LogP contribution in [0.15, 0.2) is 18.2 Å². The van der Waals surface area contributed by atoms with Gasteiger partial charge < -0.3 is 14.8 Å². The first-order chi connectivity index (χ1) is 10.2. The molecular weight excluding hydrogens is 272 g/mol. The van der Waals surface area contributed by atoms with Crippen LogP contribution in [0.2, 0.25) is 0 Å². The first-order valence-electron chi connectivity index (χ1n) is 7.39. The number of benzene rings is 1. The fourth-order valence-electron chi connectivity index (χ4n) is 2.27. The van der Waals surface area contributed by atoms with Crippen molar-refractivity contribution in [1.29, 1.82) is 0 Å². The second kappa shape index (κ2) is 7.95. The van der Waals surface area contributed by atoms with Gasteiger partial charge in [-0.2, -0.15) is 0 Å². The van der Waals surface area contributed by atoms with E-state index in [4.69, 9.17) is 9.47 Å². The molecule has 1 fully saturated rings. The largest absolute Gasteiger partial charge is 0.486 e. The van der Waals surface area contributed by atoms with Crippen LogP contribution >= 0.6 is 0 Å². The number of nitro groups is 1. The Hall–Kier alpha value is -1.66. The maximum atomic E-state index is 11.2. The van der Waals surface area contributed by atoms with Crippen LogP contribution in [0.1, 0.15) is 25.3 Å². The van der Waals surface area contributed by atoms with Gasteiger partial charge in [0.15, 0.2) is 5.75 Å². The van der Waals surface area contributed by atoms with Gasteiger partial charge in [-0.25, -0.2) is 0 Å². The van der Waals surface area contributed by atoms with E-state index in [0.29, 0.717) is 31.4 Å². The topological polar surface area (TPSA) is 73.6 Å². The summed E-state index contributed by atoms with van der Waals surface area (Å²) in [6.45, 7) is 5.50. The summed E-state index contributed by atoms with van der Waals surface area (Å²) in [5.74, 6) is 0.668. The van der Waals surface area contributed by atoms with Crippen LogP contribution in [-0.4, -0.2) is 31.3 Å². The fraction of sp³-hybridized carbons (Fsp3) is 0.600. The molecule has 1 unspecified atom stereocenters. The molecule has 0 saturated carbocycles. The lowest BCUT2D eigenvalue weighted by molar-refractivity contribution is -0.386. The molecule has 1 N–H and O–H groups in total. The smallest absolute Gasteiger partial charge is 0.311 e. The molecule has 1 aliphatic rings. The number of ether oxygens (including phenoxy) is 2. The Morgan fingerprint density at radius 3 is 3.05 bits per heavy atom. The van der Waals surface area contributed by atoms with E-state index < -0.39 is 0 Å². The average Bonchev–Trinajstić information content (AvgIpc) is 2.99. The molecule has 2 rings (SSSR count). The van der Waals surface area contributed by atoms with Gasteiger partial charge in [-0.15, -0.1) is 0 Å². The van der Waals surface area contributed by atoms with Gasteiger partial charge in [-0.3, -0.25) is 10.1 Å². The third-order valence-corrected chi connectivity index (χ3v) is 3.47. The summed E-state index contributed by atoms with van der Waals surface area (Å²) < 4.78 is 10.9. The van der Waals surface area contributed by atoms with E-state index in [1.165, 1.54) is 0 Å². The third kappa shape index (κ3) is 4.68. The molecule has 0 amide bonds. The van der Waals surface area contributed by atoms with Crippen molar-refractivity contribution in [2.45, 2.75) is 26.3 Å². The van der Waals surface area contributed by atoms with E-state index in [1.807, 2.05) is 6.07 Å². The Balaban J connectivity index is 2.00. The summed E-state index contributed by atoms with van der Waals surface area (Å²) >= 11 is 0. The quantitative estimate of drug-likeness (QED) is 0.453. The third-order valence-electron chi connectivity index (χ3n) is 3.47. The van der Waals surface area contributed by atoms with Crippen LogP contribution in [0, 0.1) is 16.0 Å². The van der Waals surface area contributed by atoms with Crippen molar-refractivity contribution in [2.24, 2.45) is 5.92 Å². The maximum absolute atomic E-state index is 11.2. The number of nitrogens with zero attached hydrogens (tertiary/aromatic N) is 1. The highest BCUT2D eigenvalue weighted by atomic mass is 16.6. The molecule has 1 saturated heterocycles. The van der Waals surface area contributed by atoms with Gasteiger partial charge in [-0.1, -0.05) is 13.0 Å². The highest BCUT2D eigenvalue weighted by molar-refractivity contribution is 5.48. The molecule has 0 spiro atoms. The monoisotopic (exact) mass is 294 g/mol. The fourth-order valence-corrected chi connectivity index (χ4v) is 2.27. The molecule has 6 heteroatoms. The van der Waals surface area contributed by atoms with E-state index in [1.54, 1.807) is 12.1 Å². The molecule has 1 atom stereocenters. The number of nitro benzene ring substituents is 1. The Bertz CT molecular complexity index is 473. The molecule has 1 aliphatic heterocycles. The van der Waals surface area contributed by atoms with E-state index in [2.05, 4.69) is 12.2 Å². The Morgan fingerprint density at radius 2 is 2.38 bits per heavy atom. The minimum Gasteiger partial charge on any atom is -0.486 e. The highest BCUT2D eigenvalue weighted by Crippen LogP contribution is 2.29. The summed E-state index contributed by atoms with van der Waals surface area (Å²) in [6.07, 6.45) is 1.99. The van der Waals surface area contributed by atoms with Gasteiger partial charge in [0.25, 0.3) is 0 Å². The van der Waals surface area contributed by atoms with Gasteiger partial charge in [0.05, 0.1) is 18.1 Å². The number of hydrogen-bond donors (Lipinski definition) is 1. The van der Waals surface area contributed by atoms with Crippen molar-refractivity contribution in [2.75, 3.05) is 26.4 Å². The Labute approximate surface area is 124 Å². The second-order valence-electron chi connectivity index (χ2n) is 5.28. The molecule has 0 aliphatic carbocycles. The molecule has 1 heterocycles. The normalized spacial score (nSPS) is 17.9.